The molecule has 0 aromatic rings. The number of likely N-dealkylation sites (tertiary alicyclic amines) is 1. The second-order valence-corrected chi connectivity index (χ2v) is 5.01. The number of nitrogens with zero attached hydrogens (tertiary/aromatic N) is 1. The molecule has 1 unspecified atom stereocenters. The number of hydrogen-bond donors (Lipinski definition) is 0. The van der Waals surface area contributed by atoms with Gasteiger partial charge in [0.1, 0.15) is 0 Å². The Bertz CT molecular complexity index is 242. The molecular formula is C12H23NO3. The Hall–Kier alpha value is -0.610. The molecule has 94 valence electrons. The number of carbonyl (C=O) groups excluding carboxylic acids is 1. The standard InChI is InChI=1S/C12H23NO3/c1-10(2)16-11(14)8-13-7-5-6-12(3,9-13)15-4/h10H,5-9H2,1-4H3. The zero-order valence-corrected chi connectivity index (χ0v) is 10.8. The zero-order chi connectivity index (χ0) is 12.2. The topological polar surface area (TPSA) is 38.8 Å². The maximum absolute atomic E-state index is 11.5. The minimum Gasteiger partial charge on any atom is -0.462 e. The van der Waals surface area contributed by atoms with E-state index < -0.39 is 0 Å². The predicted octanol–water partition coefficient (Wildman–Crippen LogP) is 1.44. The number of piperidine rings is 1. The van der Waals surface area contributed by atoms with Crippen LogP contribution < -0.4 is 0 Å². The molecule has 0 radical (unpaired) electrons. The molecular weight excluding hydrogens is 206 g/mol. The van der Waals surface area contributed by atoms with Crippen molar-refractivity contribution in [2.24, 2.45) is 0 Å². The summed E-state index contributed by atoms with van der Waals surface area (Å²) in [6.07, 6.45) is 2.09. The van der Waals surface area contributed by atoms with Gasteiger partial charge >= 0.3 is 5.97 Å². The molecule has 1 atom stereocenters. The third kappa shape index (κ3) is 4.10. The minimum absolute atomic E-state index is 0.0360. The molecule has 4 heteroatoms. The fourth-order valence-electron chi connectivity index (χ4n) is 2.09. The predicted molar refractivity (Wildman–Crippen MR) is 62.3 cm³/mol. The van der Waals surface area contributed by atoms with E-state index in [-0.39, 0.29) is 17.7 Å². The summed E-state index contributed by atoms with van der Waals surface area (Å²) in [5.41, 5.74) is -0.115. The van der Waals surface area contributed by atoms with Crippen LogP contribution in [0.1, 0.15) is 33.6 Å². The largest absolute Gasteiger partial charge is 0.462 e. The van der Waals surface area contributed by atoms with E-state index >= 15 is 0 Å². The van der Waals surface area contributed by atoms with Gasteiger partial charge in [-0.2, -0.15) is 0 Å². The van der Waals surface area contributed by atoms with E-state index in [1.165, 1.54) is 0 Å². The summed E-state index contributed by atoms with van der Waals surface area (Å²) >= 11 is 0. The third-order valence-electron chi connectivity index (χ3n) is 2.95. The van der Waals surface area contributed by atoms with E-state index in [0.717, 1.165) is 25.9 Å². The third-order valence-corrected chi connectivity index (χ3v) is 2.95. The average molecular weight is 229 g/mol. The lowest BCUT2D eigenvalue weighted by molar-refractivity contribution is -0.150. The van der Waals surface area contributed by atoms with Gasteiger partial charge in [-0.15, -0.1) is 0 Å². The number of methoxy groups -OCH3 is 1. The number of carbonyl (C=O) groups is 1. The molecule has 0 aromatic heterocycles. The van der Waals surface area contributed by atoms with Crippen molar-refractivity contribution in [2.75, 3.05) is 26.7 Å². The van der Waals surface area contributed by atoms with Crippen molar-refractivity contribution in [2.45, 2.75) is 45.3 Å². The van der Waals surface area contributed by atoms with Crippen molar-refractivity contribution in [3.05, 3.63) is 0 Å². The van der Waals surface area contributed by atoms with Crippen LogP contribution in [0.4, 0.5) is 0 Å². The quantitative estimate of drug-likeness (QED) is 0.684. The molecule has 0 amide bonds. The molecule has 0 aliphatic carbocycles. The van der Waals surface area contributed by atoms with Crippen LogP contribution in [-0.4, -0.2) is 49.3 Å². The Kier molecular flexibility index (Phi) is 4.74. The highest BCUT2D eigenvalue weighted by atomic mass is 16.5. The fourth-order valence-corrected chi connectivity index (χ4v) is 2.09. The van der Waals surface area contributed by atoms with Gasteiger partial charge in [-0.1, -0.05) is 0 Å². The summed E-state index contributed by atoms with van der Waals surface area (Å²) in [5.74, 6) is -0.143. The molecule has 16 heavy (non-hydrogen) atoms. The first-order valence-electron chi connectivity index (χ1n) is 5.92. The normalized spacial score (nSPS) is 27.1. The fraction of sp³-hybridized carbons (Fsp3) is 0.917. The molecule has 1 saturated heterocycles. The first-order chi connectivity index (χ1) is 7.45. The second kappa shape index (κ2) is 5.64. The van der Waals surface area contributed by atoms with E-state index in [0.29, 0.717) is 6.54 Å². The second-order valence-electron chi connectivity index (χ2n) is 5.01. The van der Waals surface area contributed by atoms with Gasteiger partial charge in [0, 0.05) is 13.7 Å². The summed E-state index contributed by atoms with van der Waals surface area (Å²) in [6.45, 7) is 7.95. The number of hydrogen-bond acceptors (Lipinski definition) is 4. The van der Waals surface area contributed by atoms with Crippen molar-refractivity contribution in [3.8, 4) is 0 Å². The van der Waals surface area contributed by atoms with Gasteiger partial charge in [-0.3, -0.25) is 9.69 Å². The Balaban J connectivity index is 2.40. The van der Waals surface area contributed by atoms with E-state index in [1.807, 2.05) is 13.8 Å². The lowest BCUT2D eigenvalue weighted by Crippen LogP contribution is -2.49. The average Bonchev–Trinajstić information content (AvgIpc) is 2.16. The van der Waals surface area contributed by atoms with Crippen molar-refractivity contribution in [1.82, 2.24) is 4.90 Å². The highest BCUT2D eigenvalue weighted by molar-refractivity contribution is 5.71. The van der Waals surface area contributed by atoms with Crippen molar-refractivity contribution in [1.29, 1.82) is 0 Å². The van der Waals surface area contributed by atoms with Crippen LogP contribution in [0.15, 0.2) is 0 Å². The van der Waals surface area contributed by atoms with Gasteiger partial charge in [0.15, 0.2) is 0 Å². The number of ether oxygens (including phenoxy) is 2. The lowest BCUT2D eigenvalue weighted by Gasteiger charge is -2.38. The molecule has 1 fully saturated rings. The van der Waals surface area contributed by atoms with Crippen molar-refractivity contribution in [3.63, 3.8) is 0 Å². The monoisotopic (exact) mass is 229 g/mol. The summed E-state index contributed by atoms with van der Waals surface area (Å²) in [6, 6.07) is 0. The van der Waals surface area contributed by atoms with Crippen LogP contribution in [0.25, 0.3) is 0 Å². The summed E-state index contributed by atoms with van der Waals surface area (Å²) in [5, 5.41) is 0. The molecule has 1 rings (SSSR count). The van der Waals surface area contributed by atoms with Gasteiger partial charge in [-0.25, -0.2) is 0 Å². The Labute approximate surface area is 97.9 Å². The number of rotatable bonds is 4. The maximum Gasteiger partial charge on any atom is 0.320 e. The SMILES string of the molecule is COC1(C)CCCN(CC(=O)OC(C)C)C1. The van der Waals surface area contributed by atoms with Crippen LogP contribution in [0.5, 0.6) is 0 Å². The highest BCUT2D eigenvalue weighted by Gasteiger charge is 2.31. The first kappa shape index (κ1) is 13.5. The molecule has 1 heterocycles. The summed E-state index contributed by atoms with van der Waals surface area (Å²) in [4.78, 5) is 13.6. The Morgan fingerprint density at radius 1 is 1.50 bits per heavy atom. The zero-order valence-electron chi connectivity index (χ0n) is 10.8. The van der Waals surface area contributed by atoms with Gasteiger partial charge in [0.25, 0.3) is 0 Å². The van der Waals surface area contributed by atoms with Crippen molar-refractivity contribution >= 4 is 5.97 Å². The Morgan fingerprint density at radius 2 is 2.19 bits per heavy atom. The van der Waals surface area contributed by atoms with Gasteiger partial charge in [0.2, 0.25) is 0 Å². The number of esters is 1. The summed E-state index contributed by atoms with van der Waals surface area (Å²) < 4.78 is 10.6. The van der Waals surface area contributed by atoms with Crippen LogP contribution in [0.2, 0.25) is 0 Å². The molecule has 0 saturated carbocycles. The van der Waals surface area contributed by atoms with E-state index in [1.54, 1.807) is 7.11 Å². The van der Waals surface area contributed by atoms with Gasteiger partial charge < -0.3 is 9.47 Å². The van der Waals surface area contributed by atoms with Crippen LogP contribution in [-0.2, 0) is 14.3 Å². The van der Waals surface area contributed by atoms with Gasteiger partial charge in [0.05, 0.1) is 18.2 Å². The molecule has 0 N–H and O–H groups in total. The molecule has 0 spiro atoms. The molecule has 0 bridgehead atoms. The lowest BCUT2D eigenvalue weighted by atomic mass is 9.95. The van der Waals surface area contributed by atoms with Crippen LogP contribution in [0, 0.1) is 0 Å². The Morgan fingerprint density at radius 3 is 2.75 bits per heavy atom. The molecule has 1 aliphatic heterocycles. The van der Waals surface area contributed by atoms with Gasteiger partial charge in [-0.05, 0) is 40.2 Å². The van der Waals surface area contributed by atoms with E-state index in [4.69, 9.17) is 9.47 Å². The minimum atomic E-state index is -0.143. The van der Waals surface area contributed by atoms with E-state index in [2.05, 4.69) is 11.8 Å². The molecule has 1 aliphatic rings. The summed E-state index contributed by atoms with van der Waals surface area (Å²) in [7, 11) is 1.73. The van der Waals surface area contributed by atoms with Crippen molar-refractivity contribution < 1.29 is 14.3 Å². The smallest absolute Gasteiger partial charge is 0.320 e. The van der Waals surface area contributed by atoms with Crippen LogP contribution in [0.3, 0.4) is 0 Å². The van der Waals surface area contributed by atoms with E-state index in [9.17, 15) is 4.79 Å². The molecule has 4 nitrogen and oxygen atoms in total. The maximum atomic E-state index is 11.5. The first-order valence-corrected chi connectivity index (χ1v) is 5.92. The highest BCUT2D eigenvalue weighted by Crippen LogP contribution is 2.23. The van der Waals surface area contributed by atoms with Crippen LogP contribution >= 0.6 is 0 Å². The molecule has 0 aromatic carbocycles.